The van der Waals surface area contributed by atoms with Crippen LogP contribution < -0.4 is 10.6 Å². The first kappa shape index (κ1) is 10.4. The molecular weight excluding hydrogens is 156 g/mol. The van der Waals surface area contributed by atoms with Crippen molar-refractivity contribution in [3.05, 3.63) is 25.3 Å². The van der Waals surface area contributed by atoms with Gasteiger partial charge in [-0.2, -0.15) is 5.32 Å². The average molecular weight is 167 g/mol. The zero-order valence-electron chi connectivity index (χ0n) is 6.75. The Morgan fingerprint density at radius 3 is 2.50 bits per heavy atom. The molecule has 0 bridgehead atoms. The van der Waals surface area contributed by atoms with Crippen LogP contribution in [0.5, 0.6) is 0 Å². The van der Waals surface area contributed by atoms with Gasteiger partial charge in [0.05, 0.1) is 0 Å². The Morgan fingerprint density at radius 1 is 1.33 bits per heavy atom. The Bertz CT molecular complexity index is 199. The number of rotatable bonds is 4. The molecule has 0 aromatic heterocycles. The second kappa shape index (κ2) is 6.15. The van der Waals surface area contributed by atoms with Crippen molar-refractivity contribution >= 4 is 11.9 Å². The molecule has 0 rings (SSSR count). The first-order chi connectivity index (χ1) is 5.70. The van der Waals surface area contributed by atoms with Gasteiger partial charge in [0.15, 0.2) is 0 Å². The Kier molecular flexibility index (Phi) is 5.34. The normalized spacial score (nSPS) is 8.33. The number of imide groups is 1. The molecule has 0 aliphatic rings. The van der Waals surface area contributed by atoms with E-state index in [0.29, 0.717) is 6.54 Å². The molecule has 65 valence electrons. The van der Waals surface area contributed by atoms with Crippen LogP contribution in [0.4, 0.5) is 4.79 Å². The van der Waals surface area contributed by atoms with Gasteiger partial charge in [0.1, 0.15) is 0 Å². The highest BCUT2D eigenvalue weighted by molar-refractivity contribution is 5.94. The Hall–Kier alpha value is -1.58. The second-order valence-corrected chi connectivity index (χ2v) is 1.97. The molecule has 0 unspecified atom stereocenters. The maximum absolute atomic E-state index is 10.7. The molecule has 0 aliphatic heterocycles. The molecule has 1 radical (unpaired) electrons. The quantitative estimate of drug-likeness (QED) is 0.623. The molecule has 3 amide bonds. The van der Waals surface area contributed by atoms with E-state index >= 15 is 0 Å². The summed E-state index contributed by atoms with van der Waals surface area (Å²) in [6, 6.07) is -0.637. The molecule has 1 N–H and O–H groups in total. The number of nitrogens with one attached hydrogen (secondary N) is 1. The number of hydrogen-bond donors (Lipinski definition) is 1. The second-order valence-electron chi connectivity index (χ2n) is 1.97. The fourth-order valence-corrected chi connectivity index (χ4v) is 0.481. The van der Waals surface area contributed by atoms with Crippen LogP contribution in [-0.2, 0) is 4.79 Å². The fraction of sp³-hybridized carbons (Fsp3) is 0.250. The highest BCUT2D eigenvalue weighted by Gasteiger charge is 2.06. The largest absolute Gasteiger partial charge is 0.344 e. The molecule has 0 aromatic rings. The van der Waals surface area contributed by atoms with Crippen molar-refractivity contribution in [2.75, 3.05) is 6.54 Å². The zero-order chi connectivity index (χ0) is 9.40. The van der Waals surface area contributed by atoms with Crippen molar-refractivity contribution in [2.45, 2.75) is 6.42 Å². The Balaban J connectivity index is 3.60. The van der Waals surface area contributed by atoms with Gasteiger partial charge in [0, 0.05) is 13.0 Å². The van der Waals surface area contributed by atoms with Crippen molar-refractivity contribution in [1.82, 2.24) is 10.6 Å². The van der Waals surface area contributed by atoms with Crippen molar-refractivity contribution in [2.24, 2.45) is 0 Å². The summed E-state index contributed by atoms with van der Waals surface area (Å²) in [5, 5.41) is 5.54. The molecule has 0 spiro atoms. The van der Waals surface area contributed by atoms with Crippen LogP contribution in [0.2, 0.25) is 0 Å². The predicted octanol–water partition coefficient (Wildman–Crippen LogP) is 0.589. The van der Waals surface area contributed by atoms with Gasteiger partial charge in [-0.05, 0) is 0 Å². The van der Waals surface area contributed by atoms with Crippen LogP contribution in [0.25, 0.3) is 0 Å². The van der Waals surface area contributed by atoms with Crippen LogP contribution in [0.15, 0.2) is 25.3 Å². The summed E-state index contributed by atoms with van der Waals surface area (Å²) in [5.74, 6) is -0.494. The minimum absolute atomic E-state index is 0.0848. The molecule has 4 nitrogen and oxygen atoms in total. The van der Waals surface area contributed by atoms with Gasteiger partial charge in [-0.3, -0.25) is 4.79 Å². The van der Waals surface area contributed by atoms with E-state index < -0.39 is 11.9 Å². The number of hydrogen-bond acceptors (Lipinski definition) is 2. The lowest BCUT2D eigenvalue weighted by Gasteiger charge is -1.98. The molecule has 0 saturated heterocycles. The lowest BCUT2D eigenvalue weighted by atomic mass is 10.4. The van der Waals surface area contributed by atoms with Crippen LogP contribution in [0, 0.1) is 0 Å². The van der Waals surface area contributed by atoms with E-state index in [1.54, 1.807) is 0 Å². The molecule has 0 aliphatic carbocycles. The average Bonchev–Trinajstić information content (AvgIpc) is 2.01. The summed E-state index contributed by atoms with van der Waals surface area (Å²) in [6.07, 6.45) is 2.99. The number of urea groups is 1. The molecule has 0 fully saturated rings. The van der Waals surface area contributed by atoms with Crippen LogP contribution >= 0.6 is 0 Å². The van der Waals surface area contributed by atoms with Gasteiger partial charge in [-0.25, -0.2) is 4.79 Å². The maximum Gasteiger partial charge on any atom is 0.344 e. The van der Waals surface area contributed by atoms with Crippen LogP contribution in [0.1, 0.15) is 6.42 Å². The summed E-state index contributed by atoms with van der Waals surface area (Å²) in [4.78, 5) is 21.4. The van der Waals surface area contributed by atoms with E-state index in [1.165, 1.54) is 12.2 Å². The summed E-state index contributed by atoms with van der Waals surface area (Å²) < 4.78 is 0. The van der Waals surface area contributed by atoms with Gasteiger partial charge < -0.3 is 5.32 Å². The van der Waals surface area contributed by atoms with Gasteiger partial charge in [-0.15, -0.1) is 13.2 Å². The molecular formula is C8H11N2O2. The number of amides is 3. The predicted molar refractivity (Wildman–Crippen MR) is 45.6 cm³/mol. The smallest absolute Gasteiger partial charge is 0.333 e. The van der Waals surface area contributed by atoms with E-state index in [9.17, 15) is 9.59 Å². The molecule has 0 atom stereocenters. The number of carbonyl (C=O) groups is 2. The third-order valence-electron chi connectivity index (χ3n) is 0.943. The van der Waals surface area contributed by atoms with Crippen molar-refractivity contribution < 1.29 is 9.59 Å². The molecule has 12 heavy (non-hydrogen) atoms. The van der Waals surface area contributed by atoms with Crippen LogP contribution in [-0.4, -0.2) is 18.5 Å². The lowest BCUT2D eigenvalue weighted by Crippen LogP contribution is -2.33. The summed E-state index contributed by atoms with van der Waals surface area (Å²) in [6.45, 7) is 7.04. The third-order valence-corrected chi connectivity index (χ3v) is 0.943. The van der Waals surface area contributed by atoms with Crippen molar-refractivity contribution in [1.29, 1.82) is 0 Å². The van der Waals surface area contributed by atoms with E-state index in [1.807, 2.05) is 0 Å². The first-order valence-corrected chi connectivity index (χ1v) is 3.45. The first-order valence-electron chi connectivity index (χ1n) is 3.45. The third kappa shape index (κ3) is 5.22. The van der Waals surface area contributed by atoms with Crippen molar-refractivity contribution in [3.8, 4) is 0 Å². The topological polar surface area (TPSA) is 60.3 Å². The van der Waals surface area contributed by atoms with Gasteiger partial charge in [0.2, 0.25) is 0 Å². The summed E-state index contributed by atoms with van der Waals surface area (Å²) in [5.41, 5.74) is 0. The van der Waals surface area contributed by atoms with E-state index in [4.69, 9.17) is 0 Å². The number of carbonyl (C=O) groups excluding carboxylic acids is 2. The maximum atomic E-state index is 10.7. The fourth-order valence-electron chi connectivity index (χ4n) is 0.481. The SMILES string of the molecule is C=CCNC(=O)[N]C(=O)CC=C. The van der Waals surface area contributed by atoms with E-state index in [0.717, 1.165) is 0 Å². The Morgan fingerprint density at radius 2 is 2.00 bits per heavy atom. The van der Waals surface area contributed by atoms with E-state index in [2.05, 4.69) is 23.8 Å². The highest BCUT2D eigenvalue weighted by atomic mass is 16.2. The van der Waals surface area contributed by atoms with Gasteiger partial charge >= 0.3 is 6.03 Å². The highest BCUT2D eigenvalue weighted by Crippen LogP contribution is 1.81. The summed E-state index contributed by atoms with van der Waals surface area (Å²) in [7, 11) is 0. The minimum atomic E-state index is -0.637. The van der Waals surface area contributed by atoms with Crippen molar-refractivity contribution in [3.63, 3.8) is 0 Å². The minimum Gasteiger partial charge on any atom is -0.333 e. The Labute approximate surface area is 71.3 Å². The molecule has 0 aromatic carbocycles. The number of nitrogens with zero attached hydrogens (tertiary/aromatic N) is 1. The lowest BCUT2D eigenvalue weighted by molar-refractivity contribution is -0.119. The van der Waals surface area contributed by atoms with Gasteiger partial charge in [0.25, 0.3) is 5.91 Å². The summed E-state index contributed by atoms with van der Waals surface area (Å²) >= 11 is 0. The molecule has 4 heteroatoms. The standard InChI is InChI=1S/C8H11N2O2/c1-3-5-7(11)10-8(12)9-6-4-2/h3-4H,1-2,5-6H2,(H,9,12). The zero-order valence-corrected chi connectivity index (χ0v) is 6.75. The monoisotopic (exact) mass is 167 g/mol. The molecule has 0 saturated carbocycles. The van der Waals surface area contributed by atoms with Crippen LogP contribution in [0.3, 0.4) is 0 Å². The van der Waals surface area contributed by atoms with E-state index in [-0.39, 0.29) is 6.42 Å². The van der Waals surface area contributed by atoms with Gasteiger partial charge in [-0.1, -0.05) is 12.2 Å². The molecule has 0 heterocycles.